The van der Waals surface area contributed by atoms with E-state index in [0.717, 1.165) is 15.8 Å². The fourth-order valence-corrected chi connectivity index (χ4v) is 4.70. The highest BCUT2D eigenvalue weighted by atomic mass is 32.1. The molecule has 1 amide bonds. The third kappa shape index (κ3) is 5.17. The van der Waals surface area contributed by atoms with Crippen LogP contribution < -0.4 is 15.8 Å². The summed E-state index contributed by atoms with van der Waals surface area (Å²) in [7, 11) is 0. The van der Waals surface area contributed by atoms with Gasteiger partial charge in [-0.1, -0.05) is 54.6 Å². The molecule has 0 aliphatic carbocycles. The van der Waals surface area contributed by atoms with Gasteiger partial charge in [0.25, 0.3) is 5.91 Å². The predicted octanol–water partition coefficient (Wildman–Crippen LogP) is 5.90. The molecular formula is C29H23N3O3S. The van der Waals surface area contributed by atoms with Gasteiger partial charge in [-0.3, -0.25) is 9.59 Å². The van der Waals surface area contributed by atoms with E-state index in [4.69, 9.17) is 10.5 Å². The number of ketones is 1. The summed E-state index contributed by atoms with van der Waals surface area (Å²) in [5, 5.41) is 3.25. The molecule has 1 heterocycles. The Bertz CT molecular complexity index is 1460. The molecule has 4 aromatic carbocycles. The average molecular weight is 494 g/mol. The summed E-state index contributed by atoms with van der Waals surface area (Å²) in [5.41, 5.74) is 8.49. The Morgan fingerprint density at radius 2 is 1.50 bits per heavy atom. The molecule has 7 heteroatoms. The zero-order valence-corrected chi connectivity index (χ0v) is 20.1. The first-order valence-corrected chi connectivity index (χ1v) is 12.2. The third-order valence-electron chi connectivity index (χ3n) is 5.69. The number of hydrogen-bond acceptors (Lipinski definition) is 6. The number of carbonyl (C=O) groups is 2. The van der Waals surface area contributed by atoms with E-state index in [1.165, 1.54) is 11.3 Å². The van der Waals surface area contributed by atoms with Crippen molar-refractivity contribution in [1.29, 1.82) is 0 Å². The monoisotopic (exact) mass is 493 g/mol. The Morgan fingerprint density at radius 1 is 0.833 bits per heavy atom. The average Bonchev–Trinajstić information content (AvgIpc) is 3.37. The number of carbonyl (C=O) groups excluding carboxylic acids is 2. The van der Waals surface area contributed by atoms with E-state index in [1.54, 1.807) is 24.3 Å². The second-order valence-electron chi connectivity index (χ2n) is 8.14. The number of para-hydroxylation sites is 2. The summed E-state index contributed by atoms with van der Waals surface area (Å²) >= 11 is 1.31. The minimum Gasteiger partial charge on any atom is -0.457 e. The highest BCUT2D eigenvalue weighted by Gasteiger charge is 2.27. The van der Waals surface area contributed by atoms with E-state index in [2.05, 4.69) is 10.3 Å². The molecule has 0 saturated heterocycles. The summed E-state index contributed by atoms with van der Waals surface area (Å²) in [5.74, 6) is 0.673. The zero-order chi connectivity index (χ0) is 24.9. The van der Waals surface area contributed by atoms with Crippen LogP contribution in [0.3, 0.4) is 0 Å². The first kappa shape index (κ1) is 23.4. The number of ether oxygens (including phenoxy) is 1. The SMILES string of the molecule is NCc1ccc(C(NC(=O)c2ccc(Oc3ccccc3)cc2)C(=O)c2nc3ccccc3s2)cc1. The van der Waals surface area contributed by atoms with Crippen LogP contribution in [-0.4, -0.2) is 16.7 Å². The fraction of sp³-hybridized carbons (Fsp3) is 0.0690. The van der Waals surface area contributed by atoms with Crippen LogP contribution in [0.25, 0.3) is 10.2 Å². The lowest BCUT2D eigenvalue weighted by atomic mass is 10.0. The van der Waals surface area contributed by atoms with Gasteiger partial charge in [0.05, 0.1) is 10.2 Å². The van der Waals surface area contributed by atoms with Crippen LogP contribution >= 0.6 is 11.3 Å². The number of rotatable bonds is 8. The summed E-state index contributed by atoms with van der Waals surface area (Å²) in [6.07, 6.45) is 0. The molecule has 0 saturated carbocycles. The van der Waals surface area contributed by atoms with Crippen LogP contribution in [0.1, 0.15) is 37.3 Å². The number of Topliss-reactive ketones (excluding diaryl/α,β-unsaturated/α-hetero) is 1. The van der Waals surface area contributed by atoms with Gasteiger partial charge in [-0.25, -0.2) is 4.98 Å². The van der Waals surface area contributed by atoms with Crippen molar-refractivity contribution in [2.24, 2.45) is 5.73 Å². The number of benzene rings is 4. The number of thiazole rings is 1. The van der Waals surface area contributed by atoms with E-state index in [1.807, 2.05) is 78.9 Å². The molecule has 0 aliphatic rings. The van der Waals surface area contributed by atoms with Gasteiger partial charge in [0, 0.05) is 12.1 Å². The lowest BCUT2D eigenvalue weighted by Gasteiger charge is -2.18. The van der Waals surface area contributed by atoms with Crippen LogP contribution in [0.2, 0.25) is 0 Å². The molecule has 0 spiro atoms. The molecule has 1 atom stereocenters. The predicted molar refractivity (Wildman–Crippen MR) is 141 cm³/mol. The maximum atomic E-state index is 13.6. The first-order valence-electron chi connectivity index (χ1n) is 11.4. The number of fused-ring (bicyclic) bond motifs is 1. The van der Waals surface area contributed by atoms with E-state index >= 15 is 0 Å². The Labute approximate surface area is 212 Å². The Balaban J connectivity index is 1.40. The number of hydrogen-bond donors (Lipinski definition) is 2. The number of amides is 1. The van der Waals surface area contributed by atoms with Crippen molar-refractivity contribution in [3.8, 4) is 11.5 Å². The van der Waals surface area contributed by atoms with Crippen LogP contribution in [-0.2, 0) is 6.54 Å². The normalized spacial score (nSPS) is 11.7. The van der Waals surface area contributed by atoms with E-state index in [-0.39, 0.29) is 11.7 Å². The molecule has 5 aromatic rings. The standard InChI is InChI=1S/C29H23N3O3S/c30-18-19-10-12-20(13-11-19)26(27(33)29-31-24-8-4-5-9-25(24)36-29)32-28(34)21-14-16-23(17-15-21)35-22-6-2-1-3-7-22/h1-17,26H,18,30H2,(H,32,34). The quantitative estimate of drug-likeness (QED) is 0.262. The minimum absolute atomic E-state index is 0.269. The van der Waals surface area contributed by atoms with Gasteiger partial charge in [-0.15, -0.1) is 11.3 Å². The van der Waals surface area contributed by atoms with Gasteiger partial charge in [-0.05, 0) is 59.7 Å². The second kappa shape index (κ2) is 10.5. The fourth-order valence-electron chi connectivity index (χ4n) is 3.76. The smallest absolute Gasteiger partial charge is 0.252 e. The largest absolute Gasteiger partial charge is 0.457 e. The van der Waals surface area contributed by atoms with Crippen molar-refractivity contribution in [2.75, 3.05) is 0 Å². The van der Waals surface area contributed by atoms with Crippen molar-refractivity contribution >= 4 is 33.2 Å². The molecule has 6 nitrogen and oxygen atoms in total. The van der Waals surface area contributed by atoms with Gasteiger partial charge < -0.3 is 15.8 Å². The van der Waals surface area contributed by atoms with Crippen LogP contribution in [0.4, 0.5) is 0 Å². The Kier molecular flexibility index (Phi) is 6.84. The van der Waals surface area contributed by atoms with Gasteiger partial charge in [-0.2, -0.15) is 0 Å². The molecule has 178 valence electrons. The number of nitrogens with zero attached hydrogens (tertiary/aromatic N) is 1. The topological polar surface area (TPSA) is 94.3 Å². The van der Waals surface area contributed by atoms with E-state index in [0.29, 0.717) is 34.2 Å². The highest BCUT2D eigenvalue weighted by molar-refractivity contribution is 7.20. The second-order valence-corrected chi connectivity index (χ2v) is 9.17. The molecular weight excluding hydrogens is 470 g/mol. The van der Waals surface area contributed by atoms with Crippen molar-refractivity contribution in [2.45, 2.75) is 12.6 Å². The summed E-state index contributed by atoms with van der Waals surface area (Å²) in [6.45, 7) is 0.389. The van der Waals surface area contributed by atoms with Crippen LogP contribution in [0.15, 0.2) is 103 Å². The molecule has 36 heavy (non-hydrogen) atoms. The molecule has 0 fully saturated rings. The van der Waals surface area contributed by atoms with E-state index < -0.39 is 6.04 Å². The Morgan fingerprint density at radius 3 is 2.19 bits per heavy atom. The van der Waals surface area contributed by atoms with Crippen molar-refractivity contribution in [1.82, 2.24) is 10.3 Å². The molecule has 3 N–H and O–H groups in total. The molecule has 1 aromatic heterocycles. The third-order valence-corrected chi connectivity index (χ3v) is 6.74. The van der Waals surface area contributed by atoms with Gasteiger partial charge in [0.15, 0.2) is 5.01 Å². The zero-order valence-electron chi connectivity index (χ0n) is 19.3. The summed E-state index contributed by atoms with van der Waals surface area (Å²) in [6, 6.07) is 30.2. The first-order chi connectivity index (χ1) is 17.6. The van der Waals surface area contributed by atoms with Crippen molar-refractivity contribution < 1.29 is 14.3 Å². The maximum Gasteiger partial charge on any atom is 0.252 e. The molecule has 5 rings (SSSR count). The summed E-state index contributed by atoms with van der Waals surface area (Å²) < 4.78 is 6.72. The molecule has 0 radical (unpaired) electrons. The lowest BCUT2D eigenvalue weighted by molar-refractivity contribution is 0.0857. The van der Waals surface area contributed by atoms with Crippen molar-refractivity contribution in [3.05, 3.63) is 125 Å². The van der Waals surface area contributed by atoms with Gasteiger partial charge >= 0.3 is 0 Å². The Hall–Kier alpha value is -4.33. The number of aromatic nitrogens is 1. The van der Waals surface area contributed by atoms with Gasteiger partial charge in [0.1, 0.15) is 17.5 Å². The maximum absolute atomic E-state index is 13.6. The van der Waals surface area contributed by atoms with Crippen LogP contribution in [0, 0.1) is 0 Å². The lowest BCUT2D eigenvalue weighted by Crippen LogP contribution is -2.34. The molecule has 1 unspecified atom stereocenters. The number of nitrogens with one attached hydrogen (secondary N) is 1. The minimum atomic E-state index is -0.898. The summed E-state index contributed by atoms with van der Waals surface area (Å²) in [4.78, 5) is 31.3. The number of nitrogens with two attached hydrogens (primary N) is 1. The van der Waals surface area contributed by atoms with E-state index in [9.17, 15) is 9.59 Å². The molecule has 0 aliphatic heterocycles. The van der Waals surface area contributed by atoms with Crippen LogP contribution in [0.5, 0.6) is 11.5 Å². The highest BCUT2D eigenvalue weighted by Crippen LogP contribution is 2.27. The van der Waals surface area contributed by atoms with Gasteiger partial charge in [0.2, 0.25) is 5.78 Å². The van der Waals surface area contributed by atoms with Crippen molar-refractivity contribution in [3.63, 3.8) is 0 Å². The molecule has 0 bridgehead atoms.